The predicted octanol–water partition coefficient (Wildman–Crippen LogP) is 2.15. The van der Waals surface area contributed by atoms with E-state index in [9.17, 15) is 17.9 Å². The molecule has 1 fully saturated rings. The molecule has 1 N–H and O–H groups in total. The molecule has 18 heavy (non-hydrogen) atoms. The van der Waals surface area contributed by atoms with Gasteiger partial charge in [-0.25, -0.2) is 12.8 Å². The molecule has 1 aromatic rings. The molecule has 0 bridgehead atoms. The molecule has 0 saturated heterocycles. The molecule has 0 aromatic heterocycles. The summed E-state index contributed by atoms with van der Waals surface area (Å²) < 4.78 is 37.0. The number of aliphatic hydroxyl groups excluding tert-OH is 1. The van der Waals surface area contributed by atoms with Crippen LogP contribution in [0.25, 0.3) is 0 Å². The normalized spacial score (nSPS) is 24.3. The lowest BCUT2D eigenvalue weighted by atomic mass is 10.0. The molecule has 1 saturated carbocycles. The van der Waals surface area contributed by atoms with Crippen molar-refractivity contribution in [3.8, 4) is 0 Å². The van der Waals surface area contributed by atoms with Crippen LogP contribution in [0.15, 0.2) is 29.2 Å². The van der Waals surface area contributed by atoms with E-state index < -0.39 is 15.7 Å². The quantitative estimate of drug-likeness (QED) is 0.913. The van der Waals surface area contributed by atoms with Gasteiger partial charge < -0.3 is 5.11 Å². The van der Waals surface area contributed by atoms with E-state index in [4.69, 9.17) is 0 Å². The molecule has 0 aliphatic heterocycles. The summed E-state index contributed by atoms with van der Waals surface area (Å²) in [5, 5.41) is 9.65. The summed E-state index contributed by atoms with van der Waals surface area (Å²) in [6.07, 6.45) is 2.64. The van der Waals surface area contributed by atoms with Gasteiger partial charge in [-0.2, -0.15) is 0 Å². The Morgan fingerprint density at radius 3 is 2.72 bits per heavy atom. The summed E-state index contributed by atoms with van der Waals surface area (Å²) in [6.45, 7) is 0. The first-order chi connectivity index (χ1) is 8.49. The van der Waals surface area contributed by atoms with Crippen molar-refractivity contribution in [3.05, 3.63) is 30.1 Å². The highest BCUT2D eigenvalue weighted by molar-refractivity contribution is 7.91. The number of rotatable bonds is 4. The van der Waals surface area contributed by atoms with Gasteiger partial charge in [0.2, 0.25) is 0 Å². The Morgan fingerprint density at radius 2 is 2.11 bits per heavy atom. The van der Waals surface area contributed by atoms with Gasteiger partial charge in [-0.05, 0) is 43.4 Å². The number of aliphatic hydroxyl groups is 1. The van der Waals surface area contributed by atoms with Gasteiger partial charge in [-0.15, -0.1) is 0 Å². The van der Waals surface area contributed by atoms with E-state index in [1.807, 2.05) is 0 Å². The minimum absolute atomic E-state index is 0.0231. The van der Waals surface area contributed by atoms with Gasteiger partial charge in [0, 0.05) is 0 Å². The van der Waals surface area contributed by atoms with Crippen molar-refractivity contribution in [1.29, 1.82) is 0 Å². The van der Waals surface area contributed by atoms with E-state index in [1.54, 1.807) is 0 Å². The van der Waals surface area contributed by atoms with Crippen LogP contribution in [0.2, 0.25) is 0 Å². The van der Waals surface area contributed by atoms with Crippen molar-refractivity contribution in [2.24, 2.45) is 5.92 Å². The molecule has 2 atom stereocenters. The molecule has 0 spiro atoms. The maximum atomic E-state index is 13.0. The van der Waals surface area contributed by atoms with Crippen LogP contribution in [0.3, 0.4) is 0 Å². The van der Waals surface area contributed by atoms with E-state index in [0.29, 0.717) is 6.42 Å². The summed E-state index contributed by atoms with van der Waals surface area (Å²) in [5.74, 6) is -0.511. The molecule has 2 unspecified atom stereocenters. The Labute approximate surface area is 107 Å². The Kier molecular flexibility index (Phi) is 4.02. The summed E-state index contributed by atoms with van der Waals surface area (Å²) in [7, 11) is -3.44. The van der Waals surface area contributed by atoms with Gasteiger partial charge in [-0.3, -0.25) is 0 Å². The molecule has 2 rings (SSSR count). The fourth-order valence-electron chi connectivity index (χ4n) is 2.44. The van der Waals surface area contributed by atoms with Crippen LogP contribution in [0.4, 0.5) is 4.39 Å². The highest BCUT2D eigenvalue weighted by Gasteiger charge is 2.27. The van der Waals surface area contributed by atoms with E-state index in [2.05, 4.69) is 0 Å². The first-order valence-electron chi connectivity index (χ1n) is 6.15. The van der Waals surface area contributed by atoms with Crippen LogP contribution in [0.1, 0.15) is 25.7 Å². The smallest absolute Gasteiger partial charge is 0.178 e. The van der Waals surface area contributed by atoms with Gasteiger partial charge >= 0.3 is 0 Å². The second-order valence-corrected chi connectivity index (χ2v) is 6.93. The number of sulfone groups is 1. The van der Waals surface area contributed by atoms with Crippen molar-refractivity contribution < 1.29 is 17.9 Å². The zero-order chi connectivity index (χ0) is 13.2. The average molecular weight is 272 g/mol. The molecule has 0 radical (unpaired) electrons. The molecule has 1 aliphatic rings. The lowest BCUT2D eigenvalue weighted by molar-refractivity contribution is 0.131. The van der Waals surface area contributed by atoms with Crippen molar-refractivity contribution in [1.82, 2.24) is 0 Å². The standard InChI is InChI=1S/C13H17FO3S/c14-11-4-2-5-12(9-11)18(16,17)8-7-10-3-1-6-13(10)15/h2,4-5,9-10,13,15H,1,3,6-8H2. The first-order valence-corrected chi connectivity index (χ1v) is 7.81. The molecule has 100 valence electrons. The van der Waals surface area contributed by atoms with Crippen LogP contribution < -0.4 is 0 Å². The lowest BCUT2D eigenvalue weighted by Gasteiger charge is -2.14. The molecule has 1 aromatic carbocycles. The number of halogens is 1. The highest BCUT2D eigenvalue weighted by atomic mass is 32.2. The largest absolute Gasteiger partial charge is 0.393 e. The Bertz CT molecular complexity index is 513. The Morgan fingerprint density at radius 1 is 1.33 bits per heavy atom. The van der Waals surface area contributed by atoms with Crippen LogP contribution >= 0.6 is 0 Å². The molecule has 3 nitrogen and oxygen atoms in total. The zero-order valence-electron chi connectivity index (χ0n) is 10.0. The lowest BCUT2D eigenvalue weighted by Crippen LogP contribution is -2.18. The van der Waals surface area contributed by atoms with Gasteiger partial charge in [-0.1, -0.05) is 12.5 Å². The number of hydrogen-bond donors (Lipinski definition) is 1. The molecule has 0 amide bonds. The summed E-state index contributed by atoms with van der Waals surface area (Å²) in [4.78, 5) is 0.0231. The van der Waals surface area contributed by atoms with Gasteiger partial charge in [0.25, 0.3) is 0 Å². The highest BCUT2D eigenvalue weighted by Crippen LogP contribution is 2.29. The first kappa shape index (κ1) is 13.5. The fraction of sp³-hybridized carbons (Fsp3) is 0.538. The molecule has 5 heteroatoms. The van der Waals surface area contributed by atoms with E-state index in [-0.39, 0.29) is 22.7 Å². The molecule has 1 aliphatic carbocycles. The van der Waals surface area contributed by atoms with E-state index in [1.165, 1.54) is 18.2 Å². The van der Waals surface area contributed by atoms with Crippen LogP contribution in [-0.2, 0) is 9.84 Å². The van der Waals surface area contributed by atoms with Crippen LogP contribution in [-0.4, -0.2) is 25.4 Å². The zero-order valence-corrected chi connectivity index (χ0v) is 10.9. The van der Waals surface area contributed by atoms with Gasteiger partial charge in [0.15, 0.2) is 9.84 Å². The fourth-order valence-corrected chi connectivity index (χ4v) is 3.87. The number of benzene rings is 1. The Balaban J connectivity index is 2.03. The maximum Gasteiger partial charge on any atom is 0.178 e. The SMILES string of the molecule is O=S(=O)(CCC1CCCC1O)c1cccc(F)c1. The maximum absolute atomic E-state index is 13.0. The molecular formula is C13H17FO3S. The van der Waals surface area contributed by atoms with Crippen molar-refractivity contribution in [3.63, 3.8) is 0 Å². The predicted molar refractivity (Wildman–Crippen MR) is 66.4 cm³/mol. The Hall–Kier alpha value is -0.940. The topological polar surface area (TPSA) is 54.4 Å². The number of hydrogen-bond acceptors (Lipinski definition) is 3. The molecular weight excluding hydrogens is 255 g/mol. The van der Waals surface area contributed by atoms with Crippen LogP contribution in [0, 0.1) is 11.7 Å². The third kappa shape index (κ3) is 3.09. The van der Waals surface area contributed by atoms with E-state index in [0.717, 1.165) is 25.3 Å². The molecule has 0 heterocycles. The third-order valence-electron chi connectivity index (χ3n) is 3.53. The second-order valence-electron chi connectivity index (χ2n) is 4.82. The summed E-state index contributed by atoms with van der Waals surface area (Å²) >= 11 is 0. The minimum Gasteiger partial charge on any atom is -0.393 e. The average Bonchev–Trinajstić information content (AvgIpc) is 2.72. The van der Waals surface area contributed by atoms with Crippen LogP contribution in [0.5, 0.6) is 0 Å². The van der Waals surface area contributed by atoms with Gasteiger partial charge in [0.1, 0.15) is 5.82 Å². The van der Waals surface area contributed by atoms with E-state index >= 15 is 0 Å². The monoisotopic (exact) mass is 272 g/mol. The van der Waals surface area contributed by atoms with Crippen molar-refractivity contribution in [2.45, 2.75) is 36.7 Å². The minimum atomic E-state index is -3.44. The summed E-state index contributed by atoms with van der Waals surface area (Å²) in [6, 6.07) is 5.07. The van der Waals surface area contributed by atoms with Crippen molar-refractivity contribution >= 4 is 9.84 Å². The van der Waals surface area contributed by atoms with Gasteiger partial charge in [0.05, 0.1) is 16.8 Å². The third-order valence-corrected chi connectivity index (χ3v) is 5.28. The summed E-state index contributed by atoms with van der Waals surface area (Å²) in [5.41, 5.74) is 0. The second kappa shape index (κ2) is 5.36. The van der Waals surface area contributed by atoms with Crippen molar-refractivity contribution in [2.75, 3.05) is 5.75 Å².